The van der Waals surface area contributed by atoms with Gasteiger partial charge in [-0.05, 0) is 18.6 Å². The molecule has 15 heavy (non-hydrogen) atoms. The fraction of sp³-hybridized carbons (Fsp3) is 0.455. The van der Waals surface area contributed by atoms with Crippen LogP contribution in [-0.2, 0) is 4.74 Å². The molecule has 0 aliphatic rings. The van der Waals surface area contributed by atoms with Crippen LogP contribution in [0.15, 0.2) is 12.3 Å². The van der Waals surface area contributed by atoms with E-state index in [1.54, 1.807) is 13.3 Å². The SMILES string of the molecule is COCCN(C)c1nccc(C)c1C#N. The average molecular weight is 205 g/mol. The number of anilines is 1. The second-order valence-corrected chi connectivity index (χ2v) is 3.35. The minimum atomic E-state index is 0.622. The van der Waals surface area contributed by atoms with Crippen molar-refractivity contribution in [1.29, 1.82) is 5.26 Å². The number of pyridine rings is 1. The molecule has 0 spiro atoms. The number of hydrogen-bond donors (Lipinski definition) is 0. The number of nitrogens with zero attached hydrogens (tertiary/aromatic N) is 3. The maximum Gasteiger partial charge on any atom is 0.146 e. The number of hydrogen-bond acceptors (Lipinski definition) is 4. The lowest BCUT2D eigenvalue weighted by Crippen LogP contribution is -2.24. The van der Waals surface area contributed by atoms with Gasteiger partial charge in [0.05, 0.1) is 12.2 Å². The number of aromatic nitrogens is 1. The molecule has 4 nitrogen and oxygen atoms in total. The summed E-state index contributed by atoms with van der Waals surface area (Å²) >= 11 is 0. The molecule has 0 radical (unpaired) electrons. The van der Waals surface area contributed by atoms with Gasteiger partial charge >= 0.3 is 0 Å². The Hall–Kier alpha value is -1.60. The van der Waals surface area contributed by atoms with Gasteiger partial charge in [0.1, 0.15) is 11.9 Å². The molecule has 0 fully saturated rings. The van der Waals surface area contributed by atoms with Crippen molar-refractivity contribution in [1.82, 2.24) is 4.98 Å². The predicted molar refractivity (Wildman–Crippen MR) is 58.8 cm³/mol. The topological polar surface area (TPSA) is 49.1 Å². The standard InChI is InChI=1S/C11H15N3O/c1-9-4-5-13-11(10(9)8-12)14(2)6-7-15-3/h4-5H,6-7H2,1-3H3. The largest absolute Gasteiger partial charge is 0.383 e. The van der Waals surface area contributed by atoms with Crippen molar-refractivity contribution >= 4 is 5.82 Å². The third kappa shape index (κ3) is 2.67. The van der Waals surface area contributed by atoms with Gasteiger partial charge in [0.15, 0.2) is 0 Å². The lowest BCUT2D eigenvalue weighted by Gasteiger charge is -2.19. The van der Waals surface area contributed by atoms with Gasteiger partial charge in [-0.1, -0.05) is 0 Å². The number of ether oxygens (including phenoxy) is 1. The van der Waals surface area contributed by atoms with Crippen molar-refractivity contribution in [2.45, 2.75) is 6.92 Å². The minimum absolute atomic E-state index is 0.622. The molecule has 0 aliphatic heterocycles. The Morgan fingerprint density at radius 1 is 1.60 bits per heavy atom. The molecule has 0 aromatic carbocycles. The Bertz CT molecular complexity index is 371. The van der Waals surface area contributed by atoms with Crippen LogP contribution in [0.2, 0.25) is 0 Å². The summed E-state index contributed by atoms with van der Waals surface area (Å²) in [4.78, 5) is 6.14. The summed E-state index contributed by atoms with van der Waals surface area (Å²) in [5, 5.41) is 9.03. The average Bonchev–Trinajstić information content (AvgIpc) is 2.25. The summed E-state index contributed by atoms with van der Waals surface area (Å²) in [6.45, 7) is 3.26. The van der Waals surface area contributed by atoms with Gasteiger partial charge in [0, 0.05) is 26.9 Å². The summed E-state index contributed by atoms with van der Waals surface area (Å²) < 4.78 is 4.99. The van der Waals surface area contributed by atoms with Gasteiger partial charge in [-0.2, -0.15) is 5.26 Å². The third-order valence-electron chi connectivity index (χ3n) is 2.24. The first-order valence-electron chi connectivity index (χ1n) is 4.76. The molecular weight excluding hydrogens is 190 g/mol. The van der Waals surface area contributed by atoms with Crippen LogP contribution in [0.4, 0.5) is 5.82 Å². The Morgan fingerprint density at radius 2 is 2.33 bits per heavy atom. The van der Waals surface area contributed by atoms with Crippen LogP contribution in [0.1, 0.15) is 11.1 Å². The van der Waals surface area contributed by atoms with Crippen molar-refractivity contribution in [3.8, 4) is 6.07 Å². The Labute approximate surface area is 90.1 Å². The Balaban J connectivity index is 2.93. The quantitative estimate of drug-likeness (QED) is 0.744. The normalized spacial score (nSPS) is 9.73. The second kappa shape index (κ2) is 5.32. The van der Waals surface area contributed by atoms with Crippen LogP contribution in [0.5, 0.6) is 0 Å². The summed E-state index contributed by atoms with van der Waals surface area (Å²) in [5.41, 5.74) is 1.59. The molecule has 0 bridgehead atoms. The van der Waals surface area contributed by atoms with Crippen LogP contribution in [0.25, 0.3) is 0 Å². The number of nitriles is 1. The number of likely N-dealkylation sites (N-methyl/N-ethyl adjacent to an activating group) is 1. The van der Waals surface area contributed by atoms with Crippen LogP contribution in [0.3, 0.4) is 0 Å². The van der Waals surface area contributed by atoms with E-state index in [0.29, 0.717) is 12.2 Å². The highest BCUT2D eigenvalue weighted by Gasteiger charge is 2.10. The van der Waals surface area contributed by atoms with Crippen molar-refractivity contribution in [2.75, 3.05) is 32.2 Å². The molecule has 4 heteroatoms. The summed E-state index contributed by atoms with van der Waals surface area (Å²) in [7, 11) is 3.56. The number of methoxy groups -OCH3 is 1. The molecular formula is C11H15N3O. The predicted octanol–water partition coefficient (Wildman–Crippen LogP) is 1.34. The second-order valence-electron chi connectivity index (χ2n) is 3.35. The highest BCUT2D eigenvalue weighted by atomic mass is 16.5. The third-order valence-corrected chi connectivity index (χ3v) is 2.24. The Morgan fingerprint density at radius 3 is 2.93 bits per heavy atom. The van der Waals surface area contributed by atoms with Gasteiger partial charge in [0.25, 0.3) is 0 Å². The monoisotopic (exact) mass is 205 g/mol. The highest BCUT2D eigenvalue weighted by Crippen LogP contribution is 2.18. The van der Waals surface area contributed by atoms with E-state index >= 15 is 0 Å². The van der Waals surface area contributed by atoms with Crippen molar-refractivity contribution in [3.05, 3.63) is 23.4 Å². The minimum Gasteiger partial charge on any atom is -0.383 e. The highest BCUT2D eigenvalue weighted by molar-refractivity contribution is 5.56. The van der Waals surface area contributed by atoms with Gasteiger partial charge in [-0.15, -0.1) is 0 Å². The van der Waals surface area contributed by atoms with Gasteiger partial charge in [-0.3, -0.25) is 0 Å². The van der Waals surface area contributed by atoms with E-state index in [1.807, 2.05) is 24.9 Å². The molecule has 0 amide bonds. The van der Waals surface area contributed by atoms with Crippen LogP contribution < -0.4 is 4.90 Å². The van der Waals surface area contributed by atoms with Crippen LogP contribution in [-0.4, -0.2) is 32.3 Å². The van der Waals surface area contributed by atoms with Gasteiger partial charge in [0.2, 0.25) is 0 Å². The summed E-state index contributed by atoms with van der Waals surface area (Å²) in [5.74, 6) is 0.717. The van der Waals surface area contributed by atoms with E-state index in [1.165, 1.54) is 0 Å². The summed E-state index contributed by atoms with van der Waals surface area (Å²) in [6, 6.07) is 4.02. The molecule has 0 unspecified atom stereocenters. The van der Waals surface area contributed by atoms with E-state index in [-0.39, 0.29) is 0 Å². The molecule has 0 N–H and O–H groups in total. The number of aryl methyl sites for hydroxylation is 1. The van der Waals surface area contributed by atoms with E-state index in [0.717, 1.165) is 17.9 Å². The molecule has 1 heterocycles. The molecule has 1 aromatic rings. The molecule has 0 atom stereocenters. The zero-order chi connectivity index (χ0) is 11.3. The fourth-order valence-electron chi connectivity index (χ4n) is 1.31. The maximum absolute atomic E-state index is 9.03. The lowest BCUT2D eigenvalue weighted by molar-refractivity contribution is 0.206. The molecule has 0 saturated heterocycles. The zero-order valence-corrected chi connectivity index (χ0v) is 9.32. The fourth-order valence-corrected chi connectivity index (χ4v) is 1.31. The van der Waals surface area contributed by atoms with E-state index in [4.69, 9.17) is 10.00 Å². The Kier molecular flexibility index (Phi) is 4.07. The van der Waals surface area contributed by atoms with Crippen LogP contribution in [0, 0.1) is 18.3 Å². The molecule has 1 rings (SSSR count). The van der Waals surface area contributed by atoms with E-state index in [2.05, 4.69) is 11.1 Å². The summed E-state index contributed by atoms with van der Waals surface area (Å²) in [6.07, 6.45) is 1.72. The molecule has 0 aliphatic carbocycles. The number of rotatable bonds is 4. The van der Waals surface area contributed by atoms with E-state index < -0.39 is 0 Å². The lowest BCUT2D eigenvalue weighted by atomic mass is 10.1. The van der Waals surface area contributed by atoms with Crippen molar-refractivity contribution < 1.29 is 4.74 Å². The van der Waals surface area contributed by atoms with Crippen molar-refractivity contribution in [2.24, 2.45) is 0 Å². The first-order chi connectivity index (χ1) is 7.20. The first kappa shape index (κ1) is 11.5. The zero-order valence-electron chi connectivity index (χ0n) is 9.32. The first-order valence-corrected chi connectivity index (χ1v) is 4.76. The van der Waals surface area contributed by atoms with Crippen molar-refractivity contribution in [3.63, 3.8) is 0 Å². The maximum atomic E-state index is 9.03. The van der Waals surface area contributed by atoms with E-state index in [9.17, 15) is 0 Å². The van der Waals surface area contributed by atoms with Gasteiger partial charge in [-0.25, -0.2) is 4.98 Å². The molecule has 80 valence electrons. The van der Waals surface area contributed by atoms with Gasteiger partial charge < -0.3 is 9.64 Å². The smallest absolute Gasteiger partial charge is 0.146 e. The molecule has 0 saturated carbocycles. The molecule has 1 aromatic heterocycles. The van der Waals surface area contributed by atoms with Crippen LogP contribution >= 0.6 is 0 Å².